The average Bonchev–Trinajstić information content (AvgIpc) is 2.74. The molecule has 2 rings (SSSR count). The monoisotopic (exact) mass is 434 g/mol. The second kappa shape index (κ2) is 12.2. The topological polar surface area (TPSA) is 58.6 Å². The van der Waals surface area contributed by atoms with Gasteiger partial charge in [0.15, 0.2) is 0 Å². The number of amides is 2. The number of nitrogens with one attached hydrogen (secondary N) is 1. The summed E-state index contributed by atoms with van der Waals surface area (Å²) >= 11 is 5.86. The van der Waals surface area contributed by atoms with Crippen LogP contribution in [0.1, 0.15) is 38.7 Å². The fourth-order valence-corrected chi connectivity index (χ4v) is 3.21. The predicted molar refractivity (Wildman–Crippen MR) is 116 cm³/mol. The Bertz CT molecular complexity index is 812. The Morgan fingerprint density at radius 3 is 2.37 bits per heavy atom. The molecule has 2 amide bonds. The summed E-state index contributed by atoms with van der Waals surface area (Å²) in [7, 11) is 0. The maximum Gasteiger partial charge on any atom is 0.242 e. The summed E-state index contributed by atoms with van der Waals surface area (Å²) in [5, 5.41) is 3.42. The predicted octanol–water partition coefficient (Wildman–Crippen LogP) is 4.58. The molecule has 0 aliphatic rings. The van der Waals surface area contributed by atoms with Crippen molar-refractivity contribution in [3.8, 4) is 5.75 Å². The molecule has 0 aliphatic heterocycles. The van der Waals surface area contributed by atoms with E-state index < -0.39 is 6.04 Å². The van der Waals surface area contributed by atoms with Crippen molar-refractivity contribution in [1.82, 2.24) is 10.2 Å². The van der Waals surface area contributed by atoms with Crippen molar-refractivity contribution >= 4 is 23.4 Å². The molecule has 2 aromatic carbocycles. The SMILES string of the molecule is CCNC(=O)C(CC)N(Cc1ccc(F)cc1)C(=O)CCCOc1ccc(Cl)cc1. The summed E-state index contributed by atoms with van der Waals surface area (Å²) in [4.78, 5) is 27.1. The van der Waals surface area contributed by atoms with E-state index in [1.54, 1.807) is 41.3 Å². The first kappa shape index (κ1) is 23.7. The summed E-state index contributed by atoms with van der Waals surface area (Å²) in [6.45, 7) is 4.81. The van der Waals surface area contributed by atoms with Gasteiger partial charge in [0.25, 0.3) is 0 Å². The van der Waals surface area contributed by atoms with Gasteiger partial charge in [-0.3, -0.25) is 9.59 Å². The van der Waals surface area contributed by atoms with Gasteiger partial charge < -0.3 is 15.0 Å². The molecule has 0 spiro atoms. The summed E-state index contributed by atoms with van der Waals surface area (Å²) in [6, 6.07) is 12.4. The first-order valence-corrected chi connectivity index (χ1v) is 10.5. The molecule has 0 radical (unpaired) electrons. The second-order valence-electron chi connectivity index (χ2n) is 6.87. The number of ether oxygens (including phenoxy) is 1. The summed E-state index contributed by atoms with van der Waals surface area (Å²) in [5.41, 5.74) is 0.768. The van der Waals surface area contributed by atoms with E-state index in [0.29, 0.717) is 36.8 Å². The Labute approximate surface area is 182 Å². The summed E-state index contributed by atoms with van der Waals surface area (Å²) < 4.78 is 18.9. The Kier molecular flexibility index (Phi) is 9.61. The van der Waals surface area contributed by atoms with Crippen LogP contribution in [0, 0.1) is 5.82 Å². The fraction of sp³-hybridized carbons (Fsp3) is 0.391. The highest BCUT2D eigenvalue weighted by molar-refractivity contribution is 6.30. The maximum atomic E-state index is 13.2. The van der Waals surface area contributed by atoms with E-state index in [0.717, 1.165) is 5.56 Å². The van der Waals surface area contributed by atoms with E-state index in [-0.39, 0.29) is 30.6 Å². The van der Waals surface area contributed by atoms with Crippen molar-refractivity contribution in [2.45, 2.75) is 45.7 Å². The number of rotatable bonds is 11. The molecule has 0 aliphatic carbocycles. The minimum absolute atomic E-state index is 0.142. The first-order valence-electron chi connectivity index (χ1n) is 10.1. The standard InChI is InChI=1S/C23H28ClFN2O3/c1-3-21(23(29)26-4-2)27(16-17-7-11-19(25)12-8-17)22(28)6-5-15-30-20-13-9-18(24)10-14-20/h7-14,21H,3-6,15-16H2,1-2H3,(H,26,29). The molecule has 7 heteroatoms. The molecule has 30 heavy (non-hydrogen) atoms. The Balaban J connectivity index is 2.01. The molecular formula is C23H28ClFN2O3. The number of halogens is 2. The minimum atomic E-state index is -0.584. The third-order valence-electron chi connectivity index (χ3n) is 4.62. The van der Waals surface area contributed by atoms with E-state index in [4.69, 9.17) is 16.3 Å². The van der Waals surface area contributed by atoms with Crippen LogP contribution >= 0.6 is 11.6 Å². The lowest BCUT2D eigenvalue weighted by molar-refractivity contribution is -0.141. The van der Waals surface area contributed by atoms with E-state index in [2.05, 4.69) is 5.32 Å². The molecule has 0 aromatic heterocycles. The number of carbonyl (C=O) groups excluding carboxylic acids is 2. The normalized spacial score (nSPS) is 11.6. The molecule has 0 fully saturated rings. The average molecular weight is 435 g/mol. The number of benzene rings is 2. The van der Waals surface area contributed by atoms with Crippen molar-refractivity contribution in [1.29, 1.82) is 0 Å². The van der Waals surface area contributed by atoms with Gasteiger partial charge in [-0.25, -0.2) is 4.39 Å². The number of likely N-dealkylation sites (N-methyl/N-ethyl adjacent to an activating group) is 1. The molecule has 0 saturated heterocycles. The van der Waals surface area contributed by atoms with Gasteiger partial charge in [-0.05, 0) is 61.7 Å². The molecule has 0 heterocycles. The van der Waals surface area contributed by atoms with Crippen molar-refractivity contribution < 1.29 is 18.7 Å². The molecule has 162 valence electrons. The van der Waals surface area contributed by atoms with Crippen LogP contribution in [0.4, 0.5) is 4.39 Å². The molecule has 0 bridgehead atoms. The van der Waals surface area contributed by atoms with Crippen LogP contribution in [0.15, 0.2) is 48.5 Å². The van der Waals surface area contributed by atoms with Gasteiger partial charge in [0.05, 0.1) is 6.61 Å². The number of nitrogens with zero attached hydrogens (tertiary/aromatic N) is 1. The molecule has 5 nitrogen and oxygen atoms in total. The van der Waals surface area contributed by atoms with Crippen LogP contribution in [0.25, 0.3) is 0 Å². The van der Waals surface area contributed by atoms with Crippen LogP contribution in [0.3, 0.4) is 0 Å². The van der Waals surface area contributed by atoms with E-state index in [9.17, 15) is 14.0 Å². The Morgan fingerprint density at radius 1 is 1.10 bits per heavy atom. The quantitative estimate of drug-likeness (QED) is 0.526. The van der Waals surface area contributed by atoms with Gasteiger partial charge in [-0.2, -0.15) is 0 Å². The molecule has 1 N–H and O–H groups in total. The van der Waals surface area contributed by atoms with Crippen LogP contribution in [0.2, 0.25) is 5.02 Å². The Morgan fingerprint density at radius 2 is 1.77 bits per heavy atom. The number of hydrogen-bond acceptors (Lipinski definition) is 3. The first-order chi connectivity index (χ1) is 14.4. The third-order valence-corrected chi connectivity index (χ3v) is 4.87. The molecule has 0 saturated carbocycles. The van der Waals surface area contributed by atoms with Gasteiger partial charge in [0, 0.05) is 24.5 Å². The molecule has 2 aromatic rings. The van der Waals surface area contributed by atoms with Crippen LogP contribution in [-0.4, -0.2) is 35.9 Å². The third kappa shape index (κ3) is 7.34. The highest BCUT2D eigenvalue weighted by atomic mass is 35.5. The largest absolute Gasteiger partial charge is 0.494 e. The smallest absolute Gasteiger partial charge is 0.242 e. The second-order valence-corrected chi connectivity index (χ2v) is 7.31. The summed E-state index contributed by atoms with van der Waals surface area (Å²) in [5.74, 6) is 0.0144. The van der Waals surface area contributed by atoms with Crippen molar-refractivity contribution in [2.24, 2.45) is 0 Å². The van der Waals surface area contributed by atoms with Gasteiger partial charge in [-0.15, -0.1) is 0 Å². The van der Waals surface area contributed by atoms with E-state index >= 15 is 0 Å². The lowest BCUT2D eigenvalue weighted by Crippen LogP contribution is -2.49. The van der Waals surface area contributed by atoms with Gasteiger partial charge in [0.1, 0.15) is 17.6 Å². The zero-order valence-electron chi connectivity index (χ0n) is 17.4. The lowest BCUT2D eigenvalue weighted by Gasteiger charge is -2.30. The highest BCUT2D eigenvalue weighted by Gasteiger charge is 2.28. The van der Waals surface area contributed by atoms with E-state index in [1.165, 1.54) is 12.1 Å². The Hall–Kier alpha value is -2.60. The zero-order valence-corrected chi connectivity index (χ0v) is 18.1. The van der Waals surface area contributed by atoms with Crippen molar-refractivity contribution in [2.75, 3.05) is 13.2 Å². The van der Waals surface area contributed by atoms with E-state index in [1.807, 2.05) is 13.8 Å². The van der Waals surface area contributed by atoms with Crippen molar-refractivity contribution in [3.63, 3.8) is 0 Å². The maximum absolute atomic E-state index is 13.2. The summed E-state index contributed by atoms with van der Waals surface area (Å²) in [6.07, 6.45) is 1.23. The van der Waals surface area contributed by atoms with Gasteiger partial charge in [-0.1, -0.05) is 30.7 Å². The highest BCUT2D eigenvalue weighted by Crippen LogP contribution is 2.17. The van der Waals surface area contributed by atoms with Crippen LogP contribution in [-0.2, 0) is 16.1 Å². The van der Waals surface area contributed by atoms with Gasteiger partial charge >= 0.3 is 0 Å². The van der Waals surface area contributed by atoms with Crippen LogP contribution in [0.5, 0.6) is 5.75 Å². The number of carbonyl (C=O) groups is 2. The molecule has 1 unspecified atom stereocenters. The minimum Gasteiger partial charge on any atom is -0.494 e. The lowest BCUT2D eigenvalue weighted by atomic mass is 10.1. The zero-order chi connectivity index (χ0) is 21.9. The fourth-order valence-electron chi connectivity index (χ4n) is 3.09. The number of hydrogen-bond donors (Lipinski definition) is 1. The van der Waals surface area contributed by atoms with Crippen molar-refractivity contribution in [3.05, 3.63) is 64.9 Å². The van der Waals surface area contributed by atoms with Crippen LogP contribution < -0.4 is 10.1 Å². The van der Waals surface area contributed by atoms with Gasteiger partial charge in [0.2, 0.25) is 11.8 Å². The molecule has 1 atom stereocenters. The molecular weight excluding hydrogens is 407 g/mol.